The van der Waals surface area contributed by atoms with Crippen molar-refractivity contribution < 1.29 is 14.6 Å². The van der Waals surface area contributed by atoms with E-state index < -0.39 is 5.97 Å². The molecule has 146 valence electrons. The zero-order valence-corrected chi connectivity index (χ0v) is 17.1. The zero-order chi connectivity index (χ0) is 20.5. The molecule has 0 radical (unpaired) electrons. The number of carboxylic acids is 1. The fraction of sp³-hybridized carbons (Fsp3) is 0.0952. The number of aryl methyl sites for hydroxylation is 1. The molecule has 2 N–H and O–H groups in total. The van der Waals surface area contributed by atoms with Crippen LogP contribution >= 0.6 is 22.9 Å². The van der Waals surface area contributed by atoms with E-state index in [1.807, 2.05) is 36.6 Å². The topological polar surface area (TPSA) is 84.3 Å². The van der Waals surface area contributed by atoms with Gasteiger partial charge in [0, 0.05) is 16.6 Å². The Labute approximate surface area is 175 Å². The van der Waals surface area contributed by atoms with Gasteiger partial charge in [0.1, 0.15) is 22.2 Å². The van der Waals surface area contributed by atoms with E-state index in [2.05, 4.69) is 15.3 Å². The third kappa shape index (κ3) is 3.74. The number of aromatic nitrogens is 2. The number of halogens is 1. The molecule has 0 saturated carbocycles. The lowest BCUT2D eigenvalue weighted by molar-refractivity contribution is 0.0697. The van der Waals surface area contributed by atoms with E-state index in [0.717, 1.165) is 27.1 Å². The van der Waals surface area contributed by atoms with E-state index in [-0.39, 0.29) is 10.6 Å². The maximum absolute atomic E-state index is 11.4. The van der Waals surface area contributed by atoms with Crippen LogP contribution in [0.15, 0.2) is 47.8 Å². The Balaban J connectivity index is 1.83. The summed E-state index contributed by atoms with van der Waals surface area (Å²) in [5, 5.41) is 15.7. The number of nitrogens with zero attached hydrogens (tertiary/aromatic N) is 2. The van der Waals surface area contributed by atoms with Crippen LogP contribution in [-0.4, -0.2) is 28.2 Å². The van der Waals surface area contributed by atoms with E-state index in [4.69, 9.17) is 16.3 Å². The Morgan fingerprint density at radius 1 is 1.17 bits per heavy atom. The first kappa shape index (κ1) is 19.2. The Morgan fingerprint density at radius 2 is 1.93 bits per heavy atom. The highest BCUT2D eigenvalue weighted by molar-refractivity contribution is 7.17. The summed E-state index contributed by atoms with van der Waals surface area (Å²) in [6, 6.07) is 12.5. The van der Waals surface area contributed by atoms with Gasteiger partial charge >= 0.3 is 5.97 Å². The van der Waals surface area contributed by atoms with Crippen LogP contribution in [0, 0.1) is 6.92 Å². The van der Waals surface area contributed by atoms with Crippen LogP contribution in [0.2, 0.25) is 5.02 Å². The number of anilines is 2. The summed E-state index contributed by atoms with van der Waals surface area (Å²) >= 11 is 7.51. The number of carboxylic acid groups (broad SMARTS) is 1. The van der Waals surface area contributed by atoms with Crippen LogP contribution in [0.1, 0.15) is 16.2 Å². The molecule has 0 unspecified atom stereocenters. The average molecular weight is 426 g/mol. The van der Waals surface area contributed by atoms with Crippen molar-refractivity contribution in [2.45, 2.75) is 6.92 Å². The zero-order valence-electron chi connectivity index (χ0n) is 15.6. The number of aromatic carboxylic acids is 1. The highest BCUT2D eigenvalue weighted by atomic mass is 35.5. The first-order valence-electron chi connectivity index (χ1n) is 8.66. The second kappa shape index (κ2) is 7.69. The number of thiophene rings is 1. The Morgan fingerprint density at radius 3 is 2.62 bits per heavy atom. The number of ether oxygens (including phenoxy) is 1. The van der Waals surface area contributed by atoms with E-state index in [0.29, 0.717) is 17.3 Å². The van der Waals surface area contributed by atoms with Crippen LogP contribution in [0.3, 0.4) is 0 Å². The predicted octanol–water partition coefficient (Wildman–Crippen LogP) is 5.77. The second-order valence-corrected chi connectivity index (χ2v) is 7.57. The monoisotopic (exact) mass is 425 g/mol. The van der Waals surface area contributed by atoms with Gasteiger partial charge in [0.05, 0.1) is 23.1 Å². The number of carbonyl (C=O) groups is 1. The molecule has 0 spiro atoms. The molecule has 29 heavy (non-hydrogen) atoms. The molecule has 2 heterocycles. The van der Waals surface area contributed by atoms with Gasteiger partial charge in [-0.3, -0.25) is 0 Å². The number of methoxy groups -OCH3 is 1. The minimum Gasteiger partial charge on any atom is -0.497 e. The maximum Gasteiger partial charge on any atom is 0.337 e. The first-order valence-corrected chi connectivity index (χ1v) is 9.92. The molecule has 0 bridgehead atoms. The van der Waals surface area contributed by atoms with Gasteiger partial charge in [-0.25, -0.2) is 14.8 Å². The summed E-state index contributed by atoms with van der Waals surface area (Å²) in [5.74, 6) is 0.923. The summed E-state index contributed by atoms with van der Waals surface area (Å²) in [6.45, 7) is 1.82. The number of hydrogen-bond donors (Lipinski definition) is 2. The average Bonchev–Trinajstić information content (AvgIpc) is 3.13. The number of hydrogen-bond acceptors (Lipinski definition) is 6. The normalized spacial score (nSPS) is 10.9. The van der Waals surface area contributed by atoms with E-state index in [9.17, 15) is 9.90 Å². The van der Waals surface area contributed by atoms with Gasteiger partial charge < -0.3 is 15.2 Å². The molecule has 4 rings (SSSR count). The molecule has 8 heteroatoms. The van der Waals surface area contributed by atoms with Crippen molar-refractivity contribution >= 4 is 50.6 Å². The van der Waals surface area contributed by atoms with Gasteiger partial charge in [0.25, 0.3) is 0 Å². The Kier molecular flexibility index (Phi) is 5.08. The summed E-state index contributed by atoms with van der Waals surface area (Å²) in [5.41, 5.74) is 2.61. The SMILES string of the molecule is COc1ccc(-c2csc3nc(C)nc(Nc4ccc(Cl)c(C(=O)O)c4)c23)cc1. The van der Waals surface area contributed by atoms with Gasteiger partial charge in [-0.15, -0.1) is 11.3 Å². The van der Waals surface area contributed by atoms with Crippen LogP contribution in [0.5, 0.6) is 5.75 Å². The van der Waals surface area contributed by atoms with Crippen LogP contribution in [-0.2, 0) is 0 Å². The van der Waals surface area contributed by atoms with Crippen LogP contribution < -0.4 is 10.1 Å². The molecular weight excluding hydrogens is 410 g/mol. The first-order chi connectivity index (χ1) is 14.0. The number of rotatable bonds is 5. The number of benzene rings is 2. The highest BCUT2D eigenvalue weighted by Gasteiger charge is 2.16. The van der Waals surface area contributed by atoms with E-state index in [1.165, 1.54) is 17.4 Å². The van der Waals surface area contributed by atoms with Crippen LogP contribution in [0.25, 0.3) is 21.3 Å². The van der Waals surface area contributed by atoms with Crippen molar-refractivity contribution in [1.82, 2.24) is 9.97 Å². The molecule has 0 saturated heterocycles. The van der Waals surface area contributed by atoms with Crippen molar-refractivity contribution in [2.75, 3.05) is 12.4 Å². The number of nitrogens with one attached hydrogen (secondary N) is 1. The van der Waals surface area contributed by atoms with Gasteiger partial charge in [-0.05, 0) is 42.8 Å². The fourth-order valence-corrected chi connectivity index (χ4v) is 4.22. The van der Waals surface area contributed by atoms with Gasteiger partial charge in [-0.1, -0.05) is 23.7 Å². The van der Waals surface area contributed by atoms with E-state index >= 15 is 0 Å². The van der Waals surface area contributed by atoms with Gasteiger partial charge in [-0.2, -0.15) is 0 Å². The standard InChI is InChI=1S/C21H16ClN3O3S/c1-11-23-19(25-13-5-8-17(22)15(9-13)21(26)27)18-16(10-29-20(18)24-11)12-3-6-14(28-2)7-4-12/h3-10H,1-2H3,(H,26,27)(H,23,24,25). The van der Waals surface area contributed by atoms with Crippen molar-refractivity contribution in [3.63, 3.8) is 0 Å². The molecule has 2 aromatic carbocycles. The third-order valence-corrected chi connectivity index (χ3v) is 5.61. The smallest absolute Gasteiger partial charge is 0.337 e. The quantitative estimate of drug-likeness (QED) is 0.422. The highest BCUT2D eigenvalue weighted by Crippen LogP contribution is 2.38. The Hall–Kier alpha value is -3.16. The summed E-state index contributed by atoms with van der Waals surface area (Å²) in [4.78, 5) is 21.4. The largest absolute Gasteiger partial charge is 0.497 e. The molecule has 6 nitrogen and oxygen atoms in total. The third-order valence-electron chi connectivity index (χ3n) is 4.41. The van der Waals surface area contributed by atoms with Gasteiger partial charge in [0.2, 0.25) is 0 Å². The molecule has 2 aromatic heterocycles. The van der Waals surface area contributed by atoms with Crippen molar-refractivity contribution in [2.24, 2.45) is 0 Å². The van der Waals surface area contributed by atoms with E-state index in [1.54, 1.807) is 19.2 Å². The van der Waals surface area contributed by atoms with Gasteiger partial charge in [0.15, 0.2) is 0 Å². The second-order valence-electron chi connectivity index (χ2n) is 6.30. The molecule has 4 aromatic rings. The summed E-state index contributed by atoms with van der Waals surface area (Å²) < 4.78 is 5.24. The molecule has 0 aliphatic rings. The minimum absolute atomic E-state index is 0.0272. The molecule has 0 aliphatic heterocycles. The predicted molar refractivity (Wildman–Crippen MR) is 116 cm³/mol. The summed E-state index contributed by atoms with van der Waals surface area (Å²) in [7, 11) is 1.63. The lowest BCUT2D eigenvalue weighted by atomic mass is 10.1. The molecule has 0 atom stereocenters. The molecular formula is C21H16ClN3O3S. The van der Waals surface area contributed by atoms with Crippen LogP contribution in [0.4, 0.5) is 11.5 Å². The maximum atomic E-state index is 11.4. The lowest BCUT2D eigenvalue weighted by Gasteiger charge is -2.11. The molecule has 0 amide bonds. The van der Waals surface area contributed by atoms with Crippen molar-refractivity contribution in [3.05, 3.63) is 64.3 Å². The fourth-order valence-electron chi connectivity index (χ4n) is 3.03. The summed E-state index contributed by atoms with van der Waals surface area (Å²) in [6.07, 6.45) is 0. The molecule has 0 fully saturated rings. The van der Waals surface area contributed by atoms with Crippen molar-refractivity contribution in [1.29, 1.82) is 0 Å². The number of fused-ring (bicyclic) bond motifs is 1. The minimum atomic E-state index is -1.09. The lowest BCUT2D eigenvalue weighted by Crippen LogP contribution is -2.02. The molecule has 0 aliphatic carbocycles. The Bertz CT molecular complexity index is 1220. The van der Waals surface area contributed by atoms with Crippen molar-refractivity contribution in [3.8, 4) is 16.9 Å².